The molecule has 0 unspecified atom stereocenters. The highest BCUT2D eigenvalue weighted by Crippen LogP contribution is 2.37. The van der Waals surface area contributed by atoms with Crippen molar-refractivity contribution in [2.45, 2.75) is 18.8 Å². The molecule has 0 amide bonds. The van der Waals surface area contributed by atoms with E-state index in [9.17, 15) is 0 Å². The maximum Gasteiger partial charge on any atom is 0.184 e. The largest absolute Gasteiger partial charge is 0.554 e. The maximum absolute atomic E-state index is 8.25. The molecule has 1 heterocycles. The molecule has 0 aromatic carbocycles. The second-order valence-electron chi connectivity index (χ2n) is 3.11. The maximum atomic E-state index is 8.25. The Morgan fingerprint density at radius 1 is 1.54 bits per heavy atom. The lowest BCUT2D eigenvalue weighted by molar-refractivity contribution is -0.679. The highest BCUT2D eigenvalue weighted by molar-refractivity contribution is 5.29. The van der Waals surface area contributed by atoms with E-state index in [1.54, 1.807) is 0 Å². The van der Waals surface area contributed by atoms with Crippen LogP contribution in [0.3, 0.4) is 0 Å². The number of nitrogens with zero attached hydrogens (tertiary/aromatic N) is 1. The normalized spacial score (nSPS) is 14.2. The summed E-state index contributed by atoms with van der Waals surface area (Å²) in [7, 11) is 2.12. The summed E-state index contributed by atoms with van der Waals surface area (Å²) in [6, 6.07) is 6.41. The molecule has 0 saturated heterocycles. The van der Waals surface area contributed by atoms with E-state index in [0.29, 0.717) is 0 Å². The van der Waals surface area contributed by atoms with Gasteiger partial charge in [0.1, 0.15) is 7.05 Å². The quantitative estimate of drug-likeness (QED) is 0.441. The van der Waals surface area contributed by atoms with Gasteiger partial charge in [0.25, 0.3) is 0 Å². The van der Waals surface area contributed by atoms with Gasteiger partial charge in [0.15, 0.2) is 11.9 Å². The van der Waals surface area contributed by atoms with Gasteiger partial charge in [-0.3, -0.25) is 0 Å². The van der Waals surface area contributed by atoms with Crippen molar-refractivity contribution in [2.75, 3.05) is 0 Å². The molecular formula is C10H13NO2. The van der Waals surface area contributed by atoms with Gasteiger partial charge in [-0.05, 0) is 12.8 Å². The average molecular weight is 179 g/mol. The van der Waals surface area contributed by atoms with Crippen molar-refractivity contribution in [3.8, 4) is 0 Å². The summed E-state index contributed by atoms with van der Waals surface area (Å²) in [5.41, 5.74) is 1.49. The fraction of sp³-hybridized carbons (Fsp3) is 0.400. The molecule has 0 N–H and O–H groups in total. The number of rotatable bonds is 1. The molecule has 0 spiro atoms. The Morgan fingerprint density at radius 3 is 2.62 bits per heavy atom. The number of aromatic nitrogens is 1. The van der Waals surface area contributed by atoms with Crippen LogP contribution in [0.1, 0.15) is 24.5 Å². The van der Waals surface area contributed by atoms with Crippen LogP contribution in [0.2, 0.25) is 0 Å². The second-order valence-corrected chi connectivity index (χ2v) is 3.11. The fourth-order valence-corrected chi connectivity index (χ4v) is 1.34. The van der Waals surface area contributed by atoms with E-state index >= 15 is 0 Å². The number of aryl methyl sites for hydroxylation is 1. The fourth-order valence-electron chi connectivity index (χ4n) is 1.34. The van der Waals surface area contributed by atoms with Crippen LogP contribution in [0, 0.1) is 0 Å². The van der Waals surface area contributed by atoms with Gasteiger partial charge >= 0.3 is 0 Å². The summed E-state index contributed by atoms with van der Waals surface area (Å²) in [5, 5.41) is 8.25. The van der Waals surface area contributed by atoms with Crippen LogP contribution in [-0.2, 0) is 11.8 Å². The van der Waals surface area contributed by atoms with Gasteiger partial charge in [-0.15, -0.1) is 0 Å². The van der Waals surface area contributed by atoms with Crippen molar-refractivity contribution in [3.63, 3.8) is 0 Å². The minimum Gasteiger partial charge on any atom is -0.554 e. The molecule has 2 rings (SSSR count). The smallest absolute Gasteiger partial charge is 0.184 e. The van der Waals surface area contributed by atoms with Crippen molar-refractivity contribution in [1.82, 2.24) is 0 Å². The zero-order valence-corrected chi connectivity index (χ0v) is 7.64. The van der Waals surface area contributed by atoms with Crippen LogP contribution in [-0.4, -0.2) is 6.47 Å². The summed E-state index contributed by atoms with van der Waals surface area (Å²) >= 11 is 0. The van der Waals surface area contributed by atoms with Gasteiger partial charge in [-0.2, -0.15) is 0 Å². The lowest BCUT2D eigenvalue weighted by Gasteiger charge is -1.93. The summed E-state index contributed by atoms with van der Waals surface area (Å²) in [4.78, 5) is 8.25. The van der Waals surface area contributed by atoms with E-state index in [2.05, 4.69) is 36.0 Å². The predicted molar refractivity (Wildman–Crippen MR) is 45.7 cm³/mol. The number of hydrogen-bond donors (Lipinski definition) is 0. The Labute approximate surface area is 77.6 Å². The molecule has 1 fully saturated rings. The van der Waals surface area contributed by atoms with E-state index in [0.717, 1.165) is 5.92 Å². The molecule has 0 aliphatic heterocycles. The van der Waals surface area contributed by atoms with Gasteiger partial charge in [0, 0.05) is 24.5 Å². The van der Waals surface area contributed by atoms with Crippen molar-refractivity contribution in [1.29, 1.82) is 0 Å². The molecule has 1 aliphatic rings. The molecule has 3 nitrogen and oxygen atoms in total. The molecule has 0 radical (unpaired) electrons. The molecule has 1 aromatic rings. The minimum absolute atomic E-state index is 0.500. The van der Waals surface area contributed by atoms with Crippen LogP contribution in [0.4, 0.5) is 0 Å². The topological polar surface area (TPSA) is 44.0 Å². The minimum atomic E-state index is -0.500. The number of carboxylic acid groups (broad SMARTS) is 1. The van der Waals surface area contributed by atoms with Gasteiger partial charge < -0.3 is 9.90 Å². The zero-order valence-electron chi connectivity index (χ0n) is 7.64. The lowest BCUT2D eigenvalue weighted by Crippen LogP contribution is -2.32. The van der Waals surface area contributed by atoms with Crippen molar-refractivity contribution >= 4 is 6.47 Å². The van der Waals surface area contributed by atoms with E-state index in [4.69, 9.17) is 9.90 Å². The Bertz CT molecular complexity index is 282. The number of pyridine rings is 1. The summed E-state index contributed by atoms with van der Waals surface area (Å²) in [5.74, 6) is 0.867. The zero-order chi connectivity index (χ0) is 9.68. The molecule has 3 heteroatoms. The molecule has 70 valence electrons. The first kappa shape index (κ1) is 9.71. The highest BCUT2D eigenvalue weighted by Gasteiger charge is 2.30. The molecule has 13 heavy (non-hydrogen) atoms. The molecule has 1 aliphatic carbocycles. The Hall–Kier alpha value is -1.38. The first-order valence-corrected chi connectivity index (χ1v) is 4.29. The molecule has 0 atom stereocenters. The van der Waals surface area contributed by atoms with Gasteiger partial charge in [0.2, 0.25) is 0 Å². The summed E-state index contributed by atoms with van der Waals surface area (Å²) in [6.07, 6.45) is 4.89. The van der Waals surface area contributed by atoms with Crippen LogP contribution >= 0.6 is 0 Å². The third-order valence-corrected chi connectivity index (χ3v) is 2.09. The van der Waals surface area contributed by atoms with Crippen LogP contribution in [0.5, 0.6) is 0 Å². The van der Waals surface area contributed by atoms with Crippen molar-refractivity contribution < 1.29 is 14.5 Å². The first-order chi connectivity index (χ1) is 6.29. The van der Waals surface area contributed by atoms with Crippen molar-refractivity contribution in [3.05, 3.63) is 30.1 Å². The second kappa shape index (κ2) is 4.60. The highest BCUT2D eigenvalue weighted by atomic mass is 16.3. The summed E-state index contributed by atoms with van der Waals surface area (Å²) < 4.78 is 2.22. The third kappa shape index (κ3) is 2.86. The molecule has 1 saturated carbocycles. The van der Waals surface area contributed by atoms with Gasteiger partial charge in [-0.1, -0.05) is 6.07 Å². The van der Waals surface area contributed by atoms with Crippen LogP contribution < -0.4 is 9.67 Å². The van der Waals surface area contributed by atoms with E-state index < -0.39 is 6.47 Å². The average Bonchev–Trinajstić information content (AvgIpc) is 2.89. The number of carbonyl (C=O) groups excluding carboxylic acids is 1. The molecular weight excluding hydrogens is 166 g/mol. The lowest BCUT2D eigenvalue weighted by atomic mass is 10.2. The molecule has 0 bridgehead atoms. The molecule has 1 aromatic heterocycles. The predicted octanol–water partition coefficient (Wildman–Crippen LogP) is -0.245. The Kier molecular flexibility index (Phi) is 3.43. The Morgan fingerprint density at radius 2 is 2.15 bits per heavy atom. The van der Waals surface area contributed by atoms with Crippen LogP contribution in [0.15, 0.2) is 24.4 Å². The standard InChI is InChI=1S/C9H12N.CH2O2/c1-10-7-3-2-4-9(10)8-5-6-8;2-1-3/h2-4,7-8H,5-6H2,1H3;1H,(H,2,3)/q+1;/p-1. The number of carbonyl (C=O) groups is 1. The van der Waals surface area contributed by atoms with E-state index in [1.165, 1.54) is 18.5 Å². The van der Waals surface area contributed by atoms with Gasteiger partial charge in [0.05, 0.1) is 0 Å². The SMILES string of the molecule is C[n+]1ccccc1C1CC1.O=C[O-]. The van der Waals surface area contributed by atoms with E-state index in [1.807, 2.05) is 0 Å². The number of hydrogen-bond acceptors (Lipinski definition) is 2. The monoisotopic (exact) mass is 179 g/mol. The van der Waals surface area contributed by atoms with E-state index in [-0.39, 0.29) is 0 Å². The Balaban J connectivity index is 0.000000251. The van der Waals surface area contributed by atoms with Crippen LogP contribution in [0.25, 0.3) is 0 Å². The summed E-state index contributed by atoms with van der Waals surface area (Å²) in [6.45, 7) is -0.500. The van der Waals surface area contributed by atoms with Crippen molar-refractivity contribution in [2.24, 2.45) is 7.05 Å². The van der Waals surface area contributed by atoms with Gasteiger partial charge in [-0.25, -0.2) is 4.57 Å². The first-order valence-electron chi connectivity index (χ1n) is 4.29. The third-order valence-electron chi connectivity index (χ3n) is 2.09.